The number of carbonyl (C=O) groups excluding carboxylic acids is 2. The Morgan fingerprint density at radius 1 is 1.03 bits per heavy atom. The second kappa shape index (κ2) is 12.9. The number of aromatic nitrogens is 1. The second-order valence-corrected chi connectivity index (χ2v) is 8.39. The Balaban J connectivity index is 1.90. The number of amides is 2. The highest BCUT2D eigenvalue weighted by Crippen LogP contribution is 2.33. The van der Waals surface area contributed by atoms with Crippen LogP contribution in [0, 0.1) is 5.41 Å². The Morgan fingerprint density at radius 3 is 2.39 bits per heavy atom. The van der Waals surface area contributed by atoms with Crippen molar-refractivity contribution in [3.8, 4) is 17.2 Å². The number of nitrogen functional groups attached to an aromatic ring is 1. The normalized spacial score (nSPS) is 11.3. The summed E-state index contributed by atoms with van der Waals surface area (Å²) in [5, 5.41) is 10.8. The summed E-state index contributed by atoms with van der Waals surface area (Å²) in [6.07, 6.45) is 2.76. The number of rotatable bonds is 11. The third kappa shape index (κ3) is 7.12. The summed E-state index contributed by atoms with van der Waals surface area (Å²) in [4.78, 5) is 30.0. The average molecular weight is 521 g/mol. The van der Waals surface area contributed by atoms with Crippen LogP contribution in [0.5, 0.6) is 17.2 Å². The van der Waals surface area contributed by atoms with Crippen LogP contribution in [0.1, 0.15) is 48.3 Å². The first-order valence-electron chi connectivity index (χ1n) is 12.0. The monoisotopic (exact) mass is 520 g/mol. The van der Waals surface area contributed by atoms with Crippen molar-refractivity contribution in [2.45, 2.75) is 32.9 Å². The highest BCUT2D eigenvalue weighted by Gasteiger charge is 2.24. The van der Waals surface area contributed by atoms with Gasteiger partial charge in [-0.25, -0.2) is 0 Å². The van der Waals surface area contributed by atoms with Gasteiger partial charge >= 0.3 is 0 Å². The van der Waals surface area contributed by atoms with Gasteiger partial charge in [-0.3, -0.25) is 30.8 Å². The van der Waals surface area contributed by atoms with Crippen molar-refractivity contribution in [3.63, 3.8) is 0 Å². The first-order chi connectivity index (χ1) is 18.2. The molecule has 1 heterocycles. The molecule has 3 aromatic rings. The smallest absolute Gasteiger partial charge is 0.275 e. The molecule has 0 saturated carbocycles. The summed E-state index contributed by atoms with van der Waals surface area (Å²) < 4.78 is 16.8. The van der Waals surface area contributed by atoms with E-state index in [2.05, 4.69) is 21.2 Å². The minimum Gasteiger partial charge on any atom is -0.496 e. The van der Waals surface area contributed by atoms with E-state index < -0.39 is 17.9 Å². The van der Waals surface area contributed by atoms with Gasteiger partial charge in [0.15, 0.2) is 11.5 Å². The summed E-state index contributed by atoms with van der Waals surface area (Å²) in [6, 6.07) is 12.5. The third-order valence-electron chi connectivity index (χ3n) is 5.28. The number of nitrogens with one attached hydrogen (secondary N) is 4. The summed E-state index contributed by atoms with van der Waals surface area (Å²) in [5.74, 6) is 0.137. The Kier molecular flexibility index (Phi) is 9.47. The first-order valence-corrected chi connectivity index (χ1v) is 12.0. The average Bonchev–Trinajstić information content (AvgIpc) is 2.91. The third-order valence-corrected chi connectivity index (χ3v) is 5.28. The lowest BCUT2D eigenvalue weighted by Gasteiger charge is -2.22. The van der Waals surface area contributed by atoms with Gasteiger partial charge in [-0.05, 0) is 68.8 Å². The molecule has 0 saturated heterocycles. The number of pyridine rings is 1. The number of nitrogens with two attached hydrogens (primary N) is 1. The zero-order valence-electron chi connectivity index (χ0n) is 21.7. The molecule has 1 unspecified atom stereocenters. The maximum Gasteiger partial charge on any atom is 0.275 e. The van der Waals surface area contributed by atoms with Crippen LogP contribution in [0.3, 0.4) is 0 Å². The molecule has 0 aliphatic heterocycles. The van der Waals surface area contributed by atoms with Gasteiger partial charge in [0.05, 0.1) is 19.8 Å². The van der Waals surface area contributed by atoms with Crippen LogP contribution in [0.4, 0.5) is 5.69 Å². The molecule has 0 aliphatic rings. The SMILES string of the molecule is CCOc1cc(C(Nc2ccc(C(=N)N)cc2)C(=O)NNC(=O)c2cnccc2OC)ccc1OC(C)C. The molecule has 2 amide bonds. The standard InChI is InChI=1S/C27H32N6O5/c1-5-37-23-14-18(8-11-22(23)38-16(2)3)24(31-19-9-6-17(7-10-19)25(28)29)27(35)33-32-26(34)20-15-30-13-12-21(20)36-4/h6-16,24,31H,5H2,1-4H3,(H3,28,29)(H,32,34)(H,33,35). The van der Waals surface area contributed by atoms with E-state index in [1.165, 1.54) is 19.5 Å². The van der Waals surface area contributed by atoms with E-state index in [9.17, 15) is 9.59 Å². The van der Waals surface area contributed by atoms with Crippen LogP contribution in [0.2, 0.25) is 0 Å². The van der Waals surface area contributed by atoms with Gasteiger partial charge in [-0.15, -0.1) is 0 Å². The van der Waals surface area contributed by atoms with Crippen LogP contribution in [0.15, 0.2) is 60.9 Å². The predicted octanol–water partition coefficient (Wildman–Crippen LogP) is 3.17. The van der Waals surface area contributed by atoms with Crippen molar-refractivity contribution in [2.75, 3.05) is 19.0 Å². The van der Waals surface area contributed by atoms with Gasteiger partial charge in [0.1, 0.15) is 23.2 Å². The van der Waals surface area contributed by atoms with Crippen LogP contribution >= 0.6 is 0 Å². The first kappa shape index (κ1) is 27.8. The van der Waals surface area contributed by atoms with E-state index in [1.807, 2.05) is 20.8 Å². The fraction of sp³-hybridized carbons (Fsp3) is 0.259. The van der Waals surface area contributed by atoms with E-state index in [1.54, 1.807) is 48.5 Å². The zero-order valence-corrected chi connectivity index (χ0v) is 21.7. The number of amidine groups is 1. The molecule has 0 radical (unpaired) electrons. The lowest BCUT2D eigenvalue weighted by atomic mass is 10.0. The van der Waals surface area contributed by atoms with E-state index in [0.717, 1.165) is 0 Å². The van der Waals surface area contributed by atoms with Crippen LogP contribution < -0.4 is 36.1 Å². The van der Waals surface area contributed by atoms with Gasteiger partial charge < -0.3 is 25.3 Å². The molecule has 1 atom stereocenters. The summed E-state index contributed by atoms with van der Waals surface area (Å²) in [7, 11) is 1.44. The minimum absolute atomic E-state index is 0.0681. The van der Waals surface area contributed by atoms with Crippen molar-refractivity contribution in [1.29, 1.82) is 5.41 Å². The molecule has 0 aliphatic carbocycles. The fourth-order valence-electron chi connectivity index (χ4n) is 3.52. The Bertz CT molecular complexity index is 1280. The second-order valence-electron chi connectivity index (χ2n) is 8.39. The summed E-state index contributed by atoms with van der Waals surface area (Å²) >= 11 is 0. The number of benzene rings is 2. The maximum absolute atomic E-state index is 13.4. The topological polar surface area (TPSA) is 161 Å². The molecule has 38 heavy (non-hydrogen) atoms. The highest BCUT2D eigenvalue weighted by molar-refractivity contribution is 5.98. The molecular weight excluding hydrogens is 488 g/mol. The van der Waals surface area contributed by atoms with Gasteiger partial charge in [0, 0.05) is 23.6 Å². The molecule has 3 rings (SSSR count). The molecule has 2 aromatic carbocycles. The van der Waals surface area contributed by atoms with E-state index in [0.29, 0.717) is 40.7 Å². The molecule has 11 nitrogen and oxygen atoms in total. The minimum atomic E-state index is -0.943. The Morgan fingerprint density at radius 2 is 1.76 bits per heavy atom. The Labute approximate surface area is 221 Å². The maximum atomic E-state index is 13.4. The molecule has 0 fully saturated rings. The number of hydrazine groups is 1. The van der Waals surface area contributed by atoms with Gasteiger partial charge in [0.25, 0.3) is 11.8 Å². The van der Waals surface area contributed by atoms with Gasteiger partial charge in [-0.2, -0.15) is 0 Å². The van der Waals surface area contributed by atoms with Crippen LogP contribution in [0.25, 0.3) is 0 Å². The highest BCUT2D eigenvalue weighted by atomic mass is 16.5. The summed E-state index contributed by atoms with van der Waals surface area (Å²) in [5.41, 5.74) is 12.3. The predicted molar refractivity (Wildman–Crippen MR) is 144 cm³/mol. The van der Waals surface area contributed by atoms with E-state index in [-0.39, 0.29) is 17.5 Å². The van der Waals surface area contributed by atoms with Crippen molar-refractivity contribution in [2.24, 2.45) is 5.73 Å². The van der Waals surface area contributed by atoms with E-state index >= 15 is 0 Å². The Hall–Kier alpha value is -4.80. The van der Waals surface area contributed by atoms with Gasteiger partial charge in [-0.1, -0.05) is 6.07 Å². The number of hydrogen-bond donors (Lipinski definition) is 5. The fourth-order valence-corrected chi connectivity index (χ4v) is 3.52. The van der Waals surface area contributed by atoms with Crippen LogP contribution in [-0.2, 0) is 4.79 Å². The lowest BCUT2D eigenvalue weighted by molar-refractivity contribution is -0.122. The van der Waals surface area contributed by atoms with Crippen molar-refractivity contribution in [3.05, 3.63) is 77.6 Å². The molecule has 0 bridgehead atoms. The van der Waals surface area contributed by atoms with Crippen molar-refractivity contribution >= 4 is 23.3 Å². The lowest BCUT2D eigenvalue weighted by Crippen LogP contribution is -2.45. The number of hydrogen-bond acceptors (Lipinski definition) is 8. The largest absolute Gasteiger partial charge is 0.496 e. The molecule has 200 valence electrons. The van der Waals surface area contributed by atoms with Gasteiger partial charge in [0.2, 0.25) is 0 Å². The quantitative estimate of drug-likeness (QED) is 0.146. The van der Waals surface area contributed by atoms with Crippen LogP contribution in [-0.4, -0.2) is 42.5 Å². The summed E-state index contributed by atoms with van der Waals surface area (Å²) in [6.45, 7) is 6.07. The number of methoxy groups -OCH3 is 1. The number of anilines is 1. The van der Waals surface area contributed by atoms with Crippen molar-refractivity contribution in [1.82, 2.24) is 15.8 Å². The molecule has 0 spiro atoms. The molecule has 11 heteroatoms. The zero-order chi connectivity index (χ0) is 27.7. The number of ether oxygens (including phenoxy) is 3. The van der Waals surface area contributed by atoms with Crippen molar-refractivity contribution < 1.29 is 23.8 Å². The molecule has 1 aromatic heterocycles. The van der Waals surface area contributed by atoms with E-state index in [4.69, 9.17) is 25.4 Å². The number of nitrogens with zero attached hydrogens (tertiary/aromatic N) is 1. The molecule has 6 N–H and O–H groups in total. The number of carbonyl (C=O) groups is 2. The molecular formula is C27H32N6O5.